The standard InChI is InChI=1S/C5HCl2N3O4/c6-3-2(10(13)14)1(4(11)12)8-5(7)9-3/h(H,11,12). The minimum Gasteiger partial charge on any atom is -0.476 e. The Hall–Kier alpha value is -1.47. The molecule has 74 valence electrons. The van der Waals surface area contributed by atoms with Crippen LogP contribution in [0.4, 0.5) is 5.69 Å². The summed E-state index contributed by atoms with van der Waals surface area (Å²) in [6, 6.07) is 0. The van der Waals surface area contributed by atoms with Crippen LogP contribution in [0, 0.1) is 10.1 Å². The number of carboxylic acids is 1. The van der Waals surface area contributed by atoms with Gasteiger partial charge in [0.1, 0.15) is 0 Å². The monoisotopic (exact) mass is 237 g/mol. The molecule has 14 heavy (non-hydrogen) atoms. The quantitative estimate of drug-likeness (QED) is 0.361. The second kappa shape index (κ2) is 3.72. The molecule has 0 atom stereocenters. The first-order valence-corrected chi connectivity index (χ1v) is 3.79. The van der Waals surface area contributed by atoms with Crippen molar-refractivity contribution in [2.45, 2.75) is 0 Å². The zero-order valence-corrected chi connectivity index (χ0v) is 7.78. The zero-order chi connectivity index (χ0) is 10.9. The molecule has 7 nitrogen and oxygen atoms in total. The molecule has 0 unspecified atom stereocenters. The first-order chi connectivity index (χ1) is 6.43. The predicted molar refractivity (Wildman–Crippen MR) is 45.7 cm³/mol. The van der Waals surface area contributed by atoms with E-state index in [-0.39, 0.29) is 0 Å². The lowest BCUT2D eigenvalue weighted by molar-refractivity contribution is -0.385. The lowest BCUT2D eigenvalue weighted by Crippen LogP contribution is -2.07. The first-order valence-electron chi connectivity index (χ1n) is 3.04. The summed E-state index contributed by atoms with van der Waals surface area (Å²) in [4.78, 5) is 26.4. The summed E-state index contributed by atoms with van der Waals surface area (Å²) >= 11 is 10.6. The maximum atomic E-state index is 10.5. The highest BCUT2D eigenvalue weighted by atomic mass is 35.5. The lowest BCUT2D eigenvalue weighted by atomic mass is 10.3. The average Bonchev–Trinajstić information content (AvgIpc) is 2.01. The molecule has 1 aromatic heterocycles. The van der Waals surface area contributed by atoms with Gasteiger partial charge in [-0.3, -0.25) is 10.1 Å². The van der Waals surface area contributed by atoms with Crippen LogP contribution in [0.1, 0.15) is 10.5 Å². The van der Waals surface area contributed by atoms with Crippen LogP contribution in [0.5, 0.6) is 0 Å². The molecule has 0 amide bonds. The van der Waals surface area contributed by atoms with E-state index in [9.17, 15) is 14.9 Å². The van der Waals surface area contributed by atoms with Crippen LogP contribution in [0.3, 0.4) is 0 Å². The average molecular weight is 238 g/mol. The third-order valence-electron chi connectivity index (χ3n) is 1.20. The van der Waals surface area contributed by atoms with Crippen LogP contribution >= 0.6 is 23.2 Å². The van der Waals surface area contributed by atoms with Crippen molar-refractivity contribution in [3.05, 3.63) is 26.2 Å². The molecule has 0 fully saturated rings. The third kappa shape index (κ3) is 1.88. The molecule has 1 rings (SSSR count). The summed E-state index contributed by atoms with van der Waals surface area (Å²) in [5.74, 6) is -1.59. The van der Waals surface area contributed by atoms with E-state index in [1.54, 1.807) is 0 Å². The number of rotatable bonds is 2. The van der Waals surface area contributed by atoms with E-state index in [0.29, 0.717) is 0 Å². The van der Waals surface area contributed by atoms with Gasteiger partial charge in [-0.25, -0.2) is 9.78 Å². The normalized spacial score (nSPS) is 9.86. The number of hydrogen-bond donors (Lipinski definition) is 1. The molecular formula is C5HCl2N3O4. The Morgan fingerprint density at radius 3 is 2.43 bits per heavy atom. The summed E-state index contributed by atoms with van der Waals surface area (Å²) in [5, 5.41) is 17.9. The highest BCUT2D eigenvalue weighted by Gasteiger charge is 2.27. The molecule has 0 radical (unpaired) electrons. The van der Waals surface area contributed by atoms with Gasteiger partial charge in [0, 0.05) is 0 Å². The van der Waals surface area contributed by atoms with Gasteiger partial charge in [-0.2, -0.15) is 4.98 Å². The van der Waals surface area contributed by atoms with Crippen molar-refractivity contribution in [2.75, 3.05) is 0 Å². The fourth-order valence-electron chi connectivity index (χ4n) is 0.713. The minimum absolute atomic E-state index is 0.460. The SMILES string of the molecule is O=C(O)c1nc(Cl)nc(Cl)c1[N+](=O)[O-]. The highest BCUT2D eigenvalue weighted by molar-refractivity contribution is 6.33. The van der Waals surface area contributed by atoms with Crippen molar-refractivity contribution in [2.24, 2.45) is 0 Å². The van der Waals surface area contributed by atoms with Crippen LogP contribution in [-0.4, -0.2) is 26.0 Å². The Labute approximate surface area is 86.5 Å². The number of halogens is 2. The van der Waals surface area contributed by atoms with Crippen LogP contribution in [-0.2, 0) is 0 Å². The van der Waals surface area contributed by atoms with Gasteiger partial charge < -0.3 is 5.11 Å². The molecule has 9 heteroatoms. The fourth-order valence-corrected chi connectivity index (χ4v) is 1.16. The van der Waals surface area contributed by atoms with E-state index in [1.807, 2.05) is 0 Å². The van der Waals surface area contributed by atoms with Crippen LogP contribution in [0.2, 0.25) is 10.4 Å². The van der Waals surface area contributed by atoms with Crippen molar-refractivity contribution in [1.82, 2.24) is 9.97 Å². The van der Waals surface area contributed by atoms with Gasteiger partial charge in [0.05, 0.1) is 4.92 Å². The maximum absolute atomic E-state index is 10.5. The van der Waals surface area contributed by atoms with Gasteiger partial charge in [-0.15, -0.1) is 0 Å². The van der Waals surface area contributed by atoms with Crippen LogP contribution < -0.4 is 0 Å². The molecular weight excluding hydrogens is 237 g/mol. The van der Waals surface area contributed by atoms with E-state index < -0.39 is 32.7 Å². The number of carboxylic acid groups (broad SMARTS) is 1. The zero-order valence-electron chi connectivity index (χ0n) is 6.27. The van der Waals surface area contributed by atoms with Crippen LogP contribution in [0.15, 0.2) is 0 Å². The summed E-state index contributed by atoms with van der Waals surface area (Å²) in [7, 11) is 0. The van der Waals surface area contributed by atoms with Crippen LogP contribution in [0.25, 0.3) is 0 Å². The number of nitro groups is 1. The molecule has 0 aliphatic heterocycles. The Bertz CT molecular complexity index is 422. The Kier molecular flexibility index (Phi) is 2.82. The molecule has 1 heterocycles. The Morgan fingerprint density at radius 2 is 2.00 bits per heavy atom. The Balaban J connectivity index is 3.52. The predicted octanol–water partition coefficient (Wildman–Crippen LogP) is 1.39. The second-order valence-corrected chi connectivity index (χ2v) is 2.74. The van der Waals surface area contributed by atoms with Crippen molar-refractivity contribution in [3.8, 4) is 0 Å². The molecule has 0 spiro atoms. The number of hydrogen-bond acceptors (Lipinski definition) is 5. The number of nitrogens with zero attached hydrogens (tertiary/aromatic N) is 3. The first kappa shape index (κ1) is 10.6. The third-order valence-corrected chi connectivity index (χ3v) is 1.63. The molecule has 0 saturated carbocycles. The Morgan fingerprint density at radius 1 is 1.43 bits per heavy atom. The summed E-state index contributed by atoms with van der Waals surface area (Å²) in [5.41, 5.74) is -1.71. The molecule has 1 N–H and O–H groups in total. The van der Waals surface area contributed by atoms with Crippen molar-refractivity contribution in [3.63, 3.8) is 0 Å². The summed E-state index contributed by atoms with van der Waals surface area (Å²) in [6.45, 7) is 0. The van der Waals surface area contributed by atoms with Gasteiger partial charge >= 0.3 is 11.7 Å². The maximum Gasteiger partial charge on any atom is 0.361 e. The van der Waals surface area contributed by atoms with E-state index >= 15 is 0 Å². The molecule has 0 bridgehead atoms. The number of carbonyl (C=O) groups is 1. The molecule has 1 aromatic rings. The van der Waals surface area contributed by atoms with Gasteiger partial charge in [0.2, 0.25) is 16.1 Å². The van der Waals surface area contributed by atoms with Gasteiger partial charge in [-0.05, 0) is 11.6 Å². The highest BCUT2D eigenvalue weighted by Crippen LogP contribution is 2.26. The largest absolute Gasteiger partial charge is 0.476 e. The smallest absolute Gasteiger partial charge is 0.361 e. The van der Waals surface area contributed by atoms with Crippen molar-refractivity contribution in [1.29, 1.82) is 0 Å². The van der Waals surface area contributed by atoms with Crippen molar-refractivity contribution >= 4 is 34.9 Å². The second-order valence-electron chi connectivity index (χ2n) is 2.04. The molecule has 0 aliphatic carbocycles. The number of aromatic nitrogens is 2. The molecule has 0 saturated heterocycles. The van der Waals surface area contributed by atoms with Gasteiger partial charge in [0.25, 0.3) is 0 Å². The summed E-state index contributed by atoms with van der Waals surface area (Å²) < 4.78 is 0. The van der Waals surface area contributed by atoms with Gasteiger partial charge in [0.15, 0.2) is 0 Å². The van der Waals surface area contributed by atoms with E-state index in [0.717, 1.165) is 0 Å². The molecule has 0 aliphatic rings. The lowest BCUT2D eigenvalue weighted by Gasteiger charge is -1.98. The molecule has 0 aromatic carbocycles. The van der Waals surface area contributed by atoms with Gasteiger partial charge in [-0.1, -0.05) is 11.6 Å². The summed E-state index contributed by atoms with van der Waals surface area (Å²) in [6.07, 6.45) is 0. The fraction of sp³-hybridized carbons (Fsp3) is 0. The van der Waals surface area contributed by atoms with E-state index in [2.05, 4.69) is 9.97 Å². The van der Waals surface area contributed by atoms with E-state index in [1.165, 1.54) is 0 Å². The minimum atomic E-state index is -1.59. The number of aromatic carboxylic acids is 1. The van der Waals surface area contributed by atoms with E-state index in [4.69, 9.17) is 28.3 Å². The van der Waals surface area contributed by atoms with Crippen molar-refractivity contribution < 1.29 is 14.8 Å². The topological polar surface area (TPSA) is 106 Å².